The molecule has 0 aromatic carbocycles. The maximum atomic E-state index is 5.16. The largest absolute Gasteiger partial charge is 0.299 e. The third kappa shape index (κ3) is 1.85. The number of H-pyrrole nitrogens is 1. The fourth-order valence-corrected chi connectivity index (χ4v) is 1.70. The second kappa shape index (κ2) is 3.98. The Balaban J connectivity index is 2.48. The summed E-state index contributed by atoms with van der Waals surface area (Å²) in [6.45, 7) is 2.97. The van der Waals surface area contributed by atoms with Gasteiger partial charge in [0.15, 0.2) is 10.6 Å². The van der Waals surface area contributed by atoms with E-state index in [1.807, 2.05) is 23.9 Å². The maximum absolute atomic E-state index is 5.16. The Labute approximate surface area is 92.7 Å². The summed E-state index contributed by atoms with van der Waals surface area (Å²) in [4.78, 5) is 0. The van der Waals surface area contributed by atoms with Crippen LogP contribution in [-0.4, -0.2) is 24.5 Å². The minimum absolute atomic E-state index is 0.650. The highest BCUT2D eigenvalue weighted by molar-refractivity contribution is 7.71. The van der Waals surface area contributed by atoms with E-state index in [0.717, 1.165) is 24.5 Å². The lowest BCUT2D eigenvalue weighted by molar-refractivity contribution is 0.671. The number of aromatic amines is 1. The number of hydrogen-bond donors (Lipinski definition) is 1. The molecule has 15 heavy (non-hydrogen) atoms. The monoisotopic (exact) mass is 223 g/mol. The van der Waals surface area contributed by atoms with Gasteiger partial charge in [0.1, 0.15) is 5.69 Å². The molecule has 0 saturated heterocycles. The van der Waals surface area contributed by atoms with Gasteiger partial charge in [-0.05, 0) is 24.7 Å². The molecule has 0 spiro atoms. The molecule has 0 amide bonds. The summed E-state index contributed by atoms with van der Waals surface area (Å²) in [5, 5.41) is 11.3. The zero-order valence-electron chi connectivity index (χ0n) is 8.77. The molecule has 6 heteroatoms. The molecule has 0 aliphatic carbocycles. The molecule has 0 saturated carbocycles. The SMILES string of the molecule is CCCn1c(-c2ccn(C)n2)n[nH]c1=S. The van der Waals surface area contributed by atoms with Gasteiger partial charge < -0.3 is 0 Å². The molecule has 0 radical (unpaired) electrons. The lowest BCUT2D eigenvalue weighted by atomic mass is 10.4. The third-order valence-electron chi connectivity index (χ3n) is 2.15. The number of aryl methyl sites for hydroxylation is 1. The minimum Gasteiger partial charge on any atom is -0.299 e. The van der Waals surface area contributed by atoms with Crippen LogP contribution in [0.2, 0.25) is 0 Å². The Hall–Kier alpha value is -1.43. The molecule has 0 bridgehead atoms. The molecule has 5 nitrogen and oxygen atoms in total. The molecule has 0 fully saturated rings. The summed E-state index contributed by atoms with van der Waals surface area (Å²) >= 11 is 5.16. The minimum atomic E-state index is 0.650. The van der Waals surface area contributed by atoms with Crippen molar-refractivity contribution in [1.29, 1.82) is 0 Å². The zero-order chi connectivity index (χ0) is 10.8. The van der Waals surface area contributed by atoms with E-state index < -0.39 is 0 Å². The lowest BCUT2D eigenvalue weighted by Crippen LogP contribution is -2.00. The number of hydrogen-bond acceptors (Lipinski definition) is 3. The van der Waals surface area contributed by atoms with E-state index in [4.69, 9.17) is 12.2 Å². The summed E-state index contributed by atoms with van der Waals surface area (Å²) in [7, 11) is 1.88. The molecular formula is C9H13N5S. The molecule has 1 N–H and O–H groups in total. The Bertz CT molecular complexity index is 507. The van der Waals surface area contributed by atoms with Crippen molar-refractivity contribution in [1.82, 2.24) is 24.5 Å². The third-order valence-corrected chi connectivity index (χ3v) is 2.46. The van der Waals surface area contributed by atoms with Crippen LogP contribution in [0.3, 0.4) is 0 Å². The first-order valence-electron chi connectivity index (χ1n) is 4.87. The van der Waals surface area contributed by atoms with Crippen molar-refractivity contribution in [3.63, 3.8) is 0 Å². The molecule has 2 rings (SSSR count). The van der Waals surface area contributed by atoms with Gasteiger partial charge in [0.2, 0.25) is 0 Å². The molecule has 2 heterocycles. The van der Waals surface area contributed by atoms with Gasteiger partial charge in [-0.1, -0.05) is 6.92 Å². The smallest absolute Gasteiger partial charge is 0.195 e. The van der Waals surface area contributed by atoms with Gasteiger partial charge in [0, 0.05) is 19.8 Å². The number of aromatic nitrogens is 5. The van der Waals surface area contributed by atoms with Gasteiger partial charge >= 0.3 is 0 Å². The van der Waals surface area contributed by atoms with Gasteiger partial charge in [-0.25, -0.2) is 0 Å². The van der Waals surface area contributed by atoms with Crippen molar-refractivity contribution < 1.29 is 0 Å². The lowest BCUT2D eigenvalue weighted by Gasteiger charge is -2.01. The Morgan fingerprint density at radius 2 is 2.33 bits per heavy atom. The van der Waals surface area contributed by atoms with Crippen LogP contribution in [0.5, 0.6) is 0 Å². The zero-order valence-corrected chi connectivity index (χ0v) is 9.58. The fourth-order valence-electron chi connectivity index (χ4n) is 1.48. The Kier molecular flexibility index (Phi) is 2.68. The maximum Gasteiger partial charge on any atom is 0.195 e. The van der Waals surface area contributed by atoms with Crippen molar-refractivity contribution in [3.05, 3.63) is 17.0 Å². The van der Waals surface area contributed by atoms with Gasteiger partial charge in [-0.2, -0.15) is 10.2 Å². The van der Waals surface area contributed by atoms with Crippen LogP contribution in [0.4, 0.5) is 0 Å². The Morgan fingerprint density at radius 1 is 1.53 bits per heavy atom. The average Bonchev–Trinajstić information content (AvgIpc) is 2.76. The van der Waals surface area contributed by atoms with E-state index >= 15 is 0 Å². The highest BCUT2D eigenvalue weighted by atomic mass is 32.1. The molecule has 0 aliphatic rings. The topological polar surface area (TPSA) is 51.4 Å². The molecular weight excluding hydrogens is 210 g/mol. The first-order valence-corrected chi connectivity index (χ1v) is 5.28. The normalized spacial score (nSPS) is 10.8. The molecule has 0 aliphatic heterocycles. The summed E-state index contributed by atoms with van der Waals surface area (Å²) < 4.78 is 4.37. The molecule has 80 valence electrons. The highest BCUT2D eigenvalue weighted by Crippen LogP contribution is 2.14. The molecule has 2 aromatic rings. The first kappa shape index (κ1) is 10.1. The van der Waals surface area contributed by atoms with Gasteiger partial charge in [-0.15, -0.1) is 0 Å². The first-order chi connectivity index (χ1) is 7.22. The quantitative estimate of drug-likeness (QED) is 0.806. The molecule has 0 unspecified atom stereocenters. The van der Waals surface area contributed by atoms with Gasteiger partial charge in [0.25, 0.3) is 0 Å². The Morgan fingerprint density at radius 3 is 2.93 bits per heavy atom. The van der Waals surface area contributed by atoms with Gasteiger partial charge in [-0.3, -0.25) is 14.3 Å². The predicted octanol–water partition coefficient (Wildman–Crippen LogP) is 1.75. The molecule has 2 aromatic heterocycles. The summed E-state index contributed by atoms with van der Waals surface area (Å²) in [6.07, 6.45) is 2.91. The fraction of sp³-hybridized carbons (Fsp3) is 0.444. The van der Waals surface area contributed by atoms with Crippen molar-refractivity contribution in [2.75, 3.05) is 0 Å². The summed E-state index contributed by atoms with van der Waals surface area (Å²) in [6, 6.07) is 1.93. The van der Waals surface area contributed by atoms with E-state index in [1.54, 1.807) is 4.68 Å². The second-order valence-electron chi connectivity index (χ2n) is 3.38. The van der Waals surface area contributed by atoms with Crippen LogP contribution in [-0.2, 0) is 13.6 Å². The van der Waals surface area contributed by atoms with E-state index in [0.29, 0.717) is 4.77 Å². The van der Waals surface area contributed by atoms with Crippen LogP contribution < -0.4 is 0 Å². The standard InChI is InChI=1S/C9H13N5S/c1-3-5-14-8(10-11-9(14)15)7-4-6-13(2)12-7/h4,6H,3,5H2,1-2H3,(H,11,15). The van der Waals surface area contributed by atoms with E-state index in [1.165, 1.54) is 0 Å². The predicted molar refractivity (Wildman–Crippen MR) is 59.9 cm³/mol. The average molecular weight is 223 g/mol. The van der Waals surface area contributed by atoms with Crippen molar-refractivity contribution in [2.24, 2.45) is 7.05 Å². The van der Waals surface area contributed by atoms with E-state index in [-0.39, 0.29) is 0 Å². The number of nitrogens with one attached hydrogen (secondary N) is 1. The summed E-state index contributed by atoms with van der Waals surface area (Å²) in [5.41, 5.74) is 0.846. The number of rotatable bonds is 3. The highest BCUT2D eigenvalue weighted by Gasteiger charge is 2.10. The van der Waals surface area contributed by atoms with Crippen molar-refractivity contribution in [2.45, 2.75) is 19.9 Å². The van der Waals surface area contributed by atoms with Gasteiger partial charge in [0.05, 0.1) is 0 Å². The van der Waals surface area contributed by atoms with Crippen molar-refractivity contribution in [3.8, 4) is 11.5 Å². The number of nitrogens with zero attached hydrogens (tertiary/aromatic N) is 4. The van der Waals surface area contributed by atoms with Crippen LogP contribution >= 0.6 is 12.2 Å². The van der Waals surface area contributed by atoms with Crippen LogP contribution in [0, 0.1) is 4.77 Å². The summed E-state index contributed by atoms with van der Waals surface area (Å²) in [5.74, 6) is 0.808. The van der Waals surface area contributed by atoms with Crippen LogP contribution in [0.15, 0.2) is 12.3 Å². The van der Waals surface area contributed by atoms with Crippen LogP contribution in [0.1, 0.15) is 13.3 Å². The van der Waals surface area contributed by atoms with E-state index in [9.17, 15) is 0 Å². The van der Waals surface area contributed by atoms with Crippen LogP contribution in [0.25, 0.3) is 11.5 Å². The molecule has 0 atom stereocenters. The van der Waals surface area contributed by atoms with Crippen molar-refractivity contribution >= 4 is 12.2 Å². The second-order valence-corrected chi connectivity index (χ2v) is 3.77. The van der Waals surface area contributed by atoms with E-state index in [2.05, 4.69) is 22.2 Å².